The summed E-state index contributed by atoms with van der Waals surface area (Å²) in [5.41, 5.74) is -0.711. The largest absolute Gasteiger partial charge is 0.388 e. The second-order valence-corrected chi connectivity index (χ2v) is 5.16. The van der Waals surface area contributed by atoms with Crippen molar-refractivity contribution in [2.45, 2.75) is 50.7 Å². The number of nitrogens with one attached hydrogen (secondary N) is 1. The zero-order valence-electron chi connectivity index (χ0n) is 10.8. The zero-order chi connectivity index (χ0) is 13.0. The molecule has 100 valence electrons. The highest BCUT2D eigenvalue weighted by atomic mass is 16.3. The number of carbonyl (C=O) groups is 1. The van der Waals surface area contributed by atoms with Crippen molar-refractivity contribution >= 4 is 5.91 Å². The Morgan fingerprint density at radius 3 is 2.83 bits per heavy atom. The first-order valence-corrected chi connectivity index (χ1v) is 6.60. The molecule has 1 fully saturated rings. The average molecular weight is 251 g/mol. The van der Waals surface area contributed by atoms with Gasteiger partial charge in [0.25, 0.3) is 0 Å². The first-order chi connectivity index (χ1) is 8.61. The summed E-state index contributed by atoms with van der Waals surface area (Å²) in [4.78, 5) is 11.9. The molecule has 1 amide bonds. The van der Waals surface area contributed by atoms with Gasteiger partial charge in [-0.25, -0.2) is 0 Å². The van der Waals surface area contributed by atoms with Crippen LogP contribution in [0.25, 0.3) is 0 Å². The van der Waals surface area contributed by atoms with E-state index in [9.17, 15) is 9.90 Å². The molecule has 1 atom stereocenters. The highest BCUT2D eigenvalue weighted by molar-refractivity contribution is 5.79. The maximum Gasteiger partial charge on any atom is 0.244 e. The average Bonchev–Trinajstić information content (AvgIpc) is 2.90. The van der Waals surface area contributed by atoms with E-state index in [0.29, 0.717) is 6.54 Å². The van der Waals surface area contributed by atoms with E-state index in [4.69, 9.17) is 0 Å². The molecule has 18 heavy (non-hydrogen) atoms. The molecule has 1 saturated carbocycles. The van der Waals surface area contributed by atoms with Crippen molar-refractivity contribution in [3.05, 3.63) is 18.5 Å². The summed E-state index contributed by atoms with van der Waals surface area (Å²) in [6.45, 7) is 2.14. The second kappa shape index (κ2) is 5.52. The molecule has 5 heteroatoms. The van der Waals surface area contributed by atoms with E-state index in [1.165, 1.54) is 6.42 Å². The molecule has 2 N–H and O–H groups in total. The number of hydrogen-bond donors (Lipinski definition) is 2. The van der Waals surface area contributed by atoms with Gasteiger partial charge in [-0.2, -0.15) is 5.10 Å². The Kier molecular flexibility index (Phi) is 4.01. The van der Waals surface area contributed by atoms with Crippen molar-refractivity contribution in [3.8, 4) is 0 Å². The highest BCUT2D eigenvalue weighted by Gasteiger charge is 2.30. The highest BCUT2D eigenvalue weighted by Crippen LogP contribution is 2.27. The Morgan fingerprint density at radius 2 is 2.22 bits per heavy atom. The van der Waals surface area contributed by atoms with Crippen LogP contribution in [0.2, 0.25) is 0 Å². The summed E-state index contributed by atoms with van der Waals surface area (Å²) in [6.07, 6.45) is 8.24. The maximum absolute atomic E-state index is 11.9. The van der Waals surface area contributed by atoms with Crippen molar-refractivity contribution in [1.82, 2.24) is 15.1 Å². The van der Waals surface area contributed by atoms with Crippen LogP contribution in [0.15, 0.2) is 18.5 Å². The first kappa shape index (κ1) is 13.1. The first-order valence-electron chi connectivity index (χ1n) is 6.60. The number of hydrogen-bond acceptors (Lipinski definition) is 3. The van der Waals surface area contributed by atoms with Gasteiger partial charge in [-0.15, -0.1) is 0 Å². The van der Waals surface area contributed by atoms with Crippen LogP contribution < -0.4 is 5.32 Å². The van der Waals surface area contributed by atoms with Gasteiger partial charge in [-0.1, -0.05) is 19.3 Å². The number of amides is 1. The maximum atomic E-state index is 11.9. The molecule has 0 aliphatic heterocycles. The summed E-state index contributed by atoms with van der Waals surface area (Å²) < 4.78 is 1.61. The number of nitrogens with zero attached hydrogens (tertiary/aromatic N) is 2. The lowest BCUT2D eigenvalue weighted by Gasteiger charge is -2.32. The van der Waals surface area contributed by atoms with E-state index in [-0.39, 0.29) is 11.9 Å². The SMILES string of the molecule is CC(C(=O)NCC1(O)CCCCC1)n1cccn1. The Labute approximate surface area is 107 Å². The van der Waals surface area contributed by atoms with Crippen LogP contribution in [0.1, 0.15) is 45.1 Å². The Bertz CT molecular complexity index is 383. The predicted molar refractivity (Wildman–Crippen MR) is 68.0 cm³/mol. The van der Waals surface area contributed by atoms with Gasteiger partial charge < -0.3 is 10.4 Å². The molecular formula is C13H21N3O2. The van der Waals surface area contributed by atoms with Crippen molar-refractivity contribution in [2.24, 2.45) is 0 Å². The molecule has 1 aliphatic carbocycles. The van der Waals surface area contributed by atoms with Gasteiger partial charge in [0.2, 0.25) is 5.91 Å². The van der Waals surface area contributed by atoms with Crippen molar-refractivity contribution in [2.75, 3.05) is 6.54 Å². The van der Waals surface area contributed by atoms with Crippen LogP contribution in [0.3, 0.4) is 0 Å². The van der Waals surface area contributed by atoms with Crippen LogP contribution in [0.5, 0.6) is 0 Å². The quantitative estimate of drug-likeness (QED) is 0.846. The smallest absolute Gasteiger partial charge is 0.244 e. The van der Waals surface area contributed by atoms with Crippen LogP contribution in [0, 0.1) is 0 Å². The lowest BCUT2D eigenvalue weighted by Crippen LogP contribution is -2.45. The molecule has 0 aromatic carbocycles. The fraction of sp³-hybridized carbons (Fsp3) is 0.692. The van der Waals surface area contributed by atoms with E-state index < -0.39 is 5.60 Å². The molecule has 1 aromatic rings. The van der Waals surface area contributed by atoms with Gasteiger partial charge in [-0.05, 0) is 25.8 Å². The summed E-state index contributed by atoms with van der Waals surface area (Å²) in [5.74, 6) is -0.0994. The third kappa shape index (κ3) is 3.10. The lowest BCUT2D eigenvalue weighted by atomic mass is 9.85. The topological polar surface area (TPSA) is 67.2 Å². The van der Waals surface area contributed by atoms with Gasteiger partial charge in [0.1, 0.15) is 6.04 Å². The summed E-state index contributed by atoms with van der Waals surface area (Å²) in [7, 11) is 0. The number of rotatable bonds is 4. The molecule has 0 radical (unpaired) electrons. The molecule has 0 bridgehead atoms. The molecule has 1 unspecified atom stereocenters. The van der Waals surface area contributed by atoms with Crippen LogP contribution in [-0.2, 0) is 4.79 Å². The molecule has 1 aromatic heterocycles. The van der Waals surface area contributed by atoms with Crippen LogP contribution in [0.4, 0.5) is 0 Å². The molecule has 0 saturated heterocycles. The van der Waals surface area contributed by atoms with Gasteiger partial charge in [0.05, 0.1) is 5.60 Å². The van der Waals surface area contributed by atoms with E-state index in [1.807, 2.05) is 0 Å². The van der Waals surface area contributed by atoms with Crippen LogP contribution >= 0.6 is 0 Å². The summed E-state index contributed by atoms with van der Waals surface area (Å²) in [6, 6.07) is 1.45. The van der Waals surface area contributed by atoms with Crippen LogP contribution in [-0.4, -0.2) is 32.9 Å². The minimum Gasteiger partial charge on any atom is -0.388 e. The molecular weight excluding hydrogens is 230 g/mol. The van der Waals surface area contributed by atoms with E-state index in [1.54, 1.807) is 30.1 Å². The van der Waals surface area contributed by atoms with Crippen molar-refractivity contribution in [3.63, 3.8) is 0 Å². The number of aliphatic hydroxyl groups is 1. The third-order valence-electron chi connectivity index (χ3n) is 3.68. The summed E-state index contributed by atoms with van der Waals surface area (Å²) >= 11 is 0. The lowest BCUT2D eigenvalue weighted by molar-refractivity contribution is -0.125. The minimum atomic E-state index is -0.711. The summed E-state index contributed by atoms with van der Waals surface area (Å²) in [5, 5.41) is 17.2. The number of aromatic nitrogens is 2. The molecule has 1 heterocycles. The Balaban J connectivity index is 1.84. The minimum absolute atomic E-state index is 0.0994. The van der Waals surface area contributed by atoms with E-state index in [2.05, 4.69) is 10.4 Å². The molecule has 5 nitrogen and oxygen atoms in total. The van der Waals surface area contributed by atoms with Gasteiger partial charge in [-0.3, -0.25) is 9.48 Å². The van der Waals surface area contributed by atoms with Crippen molar-refractivity contribution in [1.29, 1.82) is 0 Å². The molecule has 1 aliphatic rings. The molecule has 0 spiro atoms. The zero-order valence-corrected chi connectivity index (χ0v) is 10.8. The van der Waals surface area contributed by atoms with Crippen molar-refractivity contribution < 1.29 is 9.90 Å². The fourth-order valence-corrected chi connectivity index (χ4v) is 2.42. The van der Waals surface area contributed by atoms with Gasteiger partial charge in [0, 0.05) is 18.9 Å². The Morgan fingerprint density at radius 1 is 1.50 bits per heavy atom. The van der Waals surface area contributed by atoms with Gasteiger partial charge >= 0.3 is 0 Å². The van der Waals surface area contributed by atoms with E-state index in [0.717, 1.165) is 25.7 Å². The second-order valence-electron chi connectivity index (χ2n) is 5.16. The third-order valence-corrected chi connectivity index (χ3v) is 3.68. The molecule has 2 rings (SSSR count). The fourth-order valence-electron chi connectivity index (χ4n) is 2.42. The predicted octanol–water partition coefficient (Wildman–Crippen LogP) is 1.26. The monoisotopic (exact) mass is 251 g/mol. The van der Waals surface area contributed by atoms with E-state index >= 15 is 0 Å². The standard InChI is InChI=1S/C13H21N3O2/c1-11(16-9-5-8-15-16)12(17)14-10-13(18)6-3-2-4-7-13/h5,8-9,11,18H,2-4,6-7,10H2,1H3,(H,14,17). The normalized spacial score (nSPS) is 20.3. The van der Waals surface area contributed by atoms with Gasteiger partial charge in [0.15, 0.2) is 0 Å². The Hall–Kier alpha value is -1.36. The number of carbonyl (C=O) groups excluding carboxylic acids is 1.